The maximum absolute atomic E-state index is 12.7. The van der Waals surface area contributed by atoms with Crippen LogP contribution in [0.15, 0.2) is 53.4 Å². The lowest BCUT2D eigenvalue weighted by atomic mass is 10.1. The van der Waals surface area contributed by atoms with Gasteiger partial charge in [0.15, 0.2) is 0 Å². The summed E-state index contributed by atoms with van der Waals surface area (Å²) in [6, 6.07) is 12.9. The highest BCUT2D eigenvalue weighted by molar-refractivity contribution is 7.89. The second-order valence-electron chi connectivity index (χ2n) is 6.77. The summed E-state index contributed by atoms with van der Waals surface area (Å²) >= 11 is 0. The van der Waals surface area contributed by atoms with Crippen molar-refractivity contribution in [1.82, 2.24) is 9.80 Å². The molecule has 1 fully saturated rings. The van der Waals surface area contributed by atoms with Crippen LogP contribution in [-0.2, 0) is 21.2 Å². The van der Waals surface area contributed by atoms with Crippen LogP contribution >= 0.6 is 0 Å². The Kier molecular flexibility index (Phi) is 6.19. The van der Waals surface area contributed by atoms with Crippen LogP contribution in [0.4, 0.5) is 0 Å². The quantitative estimate of drug-likeness (QED) is 0.776. The molecule has 0 saturated carbocycles. The molecule has 29 heavy (non-hydrogen) atoms. The first-order valence-corrected chi connectivity index (χ1v) is 10.7. The third-order valence-electron chi connectivity index (χ3n) is 4.84. The standard InChI is InChI=1S/C20H23N3O5S/c1-28-17-4-2-3-16(14-17)20(25)23-11-9-22(10-12-23)19(24)13-15-5-7-18(8-6-15)29(21,26)27/h2-8,14H,9-13H2,1H3,(H2,21,26,27). The second kappa shape index (κ2) is 8.62. The lowest BCUT2D eigenvalue weighted by Gasteiger charge is -2.35. The number of hydrogen-bond acceptors (Lipinski definition) is 5. The van der Waals surface area contributed by atoms with Crippen molar-refractivity contribution >= 4 is 21.8 Å². The van der Waals surface area contributed by atoms with Crippen LogP contribution in [0, 0.1) is 0 Å². The molecule has 2 N–H and O–H groups in total. The predicted molar refractivity (Wildman–Crippen MR) is 107 cm³/mol. The van der Waals surface area contributed by atoms with E-state index in [4.69, 9.17) is 9.88 Å². The number of methoxy groups -OCH3 is 1. The highest BCUT2D eigenvalue weighted by Gasteiger charge is 2.25. The van der Waals surface area contributed by atoms with Gasteiger partial charge < -0.3 is 14.5 Å². The van der Waals surface area contributed by atoms with E-state index in [1.165, 1.54) is 12.1 Å². The number of sulfonamides is 1. The number of amides is 2. The minimum atomic E-state index is -3.75. The fraction of sp³-hybridized carbons (Fsp3) is 0.300. The van der Waals surface area contributed by atoms with E-state index >= 15 is 0 Å². The van der Waals surface area contributed by atoms with Gasteiger partial charge in [-0.1, -0.05) is 18.2 Å². The SMILES string of the molecule is COc1cccc(C(=O)N2CCN(C(=O)Cc3ccc(S(N)(=O)=O)cc3)CC2)c1. The Morgan fingerprint density at radius 3 is 2.21 bits per heavy atom. The van der Waals surface area contributed by atoms with Gasteiger partial charge in [-0.3, -0.25) is 9.59 Å². The third-order valence-corrected chi connectivity index (χ3v) is 5.77. The fourth-order valence-electron chi connectivity index (χ4n) is 3.18. The predicted octanol–water partition coefficient (Wildman–Crippen LogP) is 0.870. The Balaban J connectivity index is 1.56. The zero-order chi connectivity index (χ0) is 21.0. The van der Waals surface area contributed by atoms with E-state index in [-0.39, 0.29) is 23.1 Å². The highest BCUT2D eigenvalue weighted by Crippen LogP contribution is 2.16. The van der Waals surface area contributed by atoms with Crippen molar-refractivity contribution in [2.75, 3.05) is 33.3 Å². The molecular weight excluding hydrogens is 394 g/mol. The first-order valence-electron chi connectivity index (χ1n) is 9.11. The molecule has 1 aliphatic heterocycles. The van der Waals surface area contributed by atoms with Crippen LogP contribution in [0.3, 0.4) is 0 Å². The molecule has 0 bridgehead atoms. The van der Waals surface area contributed by atoms with Gasteiger partial charge in [-0.25, -0.2) is 13.6 Å². The number of carbonyl (C=O) groups excluding carboxylic acids is 2. The molecule has 154 valence electrons. The zero-order valence-electron chi connectivity index (χ0n) is 16.1. The topological polar surface area (TPSA) is 110 Å². The van der Waals surface area contributed by atoms with Gasteiger partial charge in [-0.05, 0) is 35.9 Å². The van der Waals surface area contributed by atoms with E-state index in [2.05, 4.69) is 0 Å². The lowest BCUT2D eigenvalue weighted by Crippen LogP contribution is -2.51. The molecule has 0 atom stereocenters. The number of nitrogens with zero attached hydrogens (tertiary/aromatic N) is 2. The Hall–Kier alpha value is -2.91. The highest BCUT2D eigenvalue weighted by atomic mass is 32.2. The first kappa shape index (κ1) is 20.8. The molecule has 0 spiro atoms. The van der Waals surface area contributed by atoms with Gasteiger partial charge in [0.1, 0.15) is 5.75 Å². The van der Waals surface area contributed by atoms with Crippen molar-refractivity contribution in [3.05, 3.63) is 59.7 Å². The molecule has 9 heteroatoms. The third kappa shape index (κ3) is 5.12. The molecule has 2 amide bonds. The number of rotatable bonds is 5. The molecule has 0 aliphatic carbocycles. The summed E-state index contributed by atoms with van der Waals surface area (Å²) in [5.41, 5.74) is 1.26. The molecule has 8 nitrogen and oxygen atoms in total. The van der Waals surface area contributed by atoms with Gasteiger partial charge in [0.05, 0.1) is 18.4 Å². The van der Waals surface area contributed by atoms with Gasteiger partial charge in [-0.2, -0.15) is 0 Å². The number of piperazine rings is 1. The van der Waals surface area contributed by atoms with Crippen LogP contribution in [0.5, 0.6) is 5.75 Å². The average Bonchev–Trinajstić information content (AvgIpc) is 2.73. The molecule has 0 unspecified atom stereocenters. The summed E-state index contributed by atoms with van der Waals surface area (Å²) < 4.78 is 27.8. The normalized spacial score (nSPS) is 14.6. The van der Waals surface area contributed by atoms with Gasteiger partial charge in [-0.15, -0.1) is 0 Å². The van der Waals surface area contributed by atoms with Gasteiger partial charge in [0.2, 0.25) is 15.9 Å². The zero-order valence-corrected chi connectivity index (χ0v) is 16.9. The molecule has 1 saturated heterocycles. The van der Waals surface area contributed by atoms with E-state index in [9.17, 15) is 18.0 Å². The summed E-state index contributed by atoms with van der Waals surface area (Å²) in [4.78, 5) is 28.6. The van der Waals surface area contributed by atoms with Crippen molar-refractivity contribution in [3.8, 4) is 5.75 Å². The molecule has 2 aromatic rings. The number of ether oxygens (including phenoxy) is 1. The Bertz CT molecular complexity index is 997. The van der Waals surface area contributed by atoms with E-state index in [1.807, 2.05) is 0 Å². The van der Waals surface area contributed by atoms with Crippen molar-refractivity contribution in [3.63, 3.8) is 0 Å². The smallest absolute Gasteiger partial charge is 0.254 e. The van der Waals surface area contributed by atoms with Gasteiger partial charge >= 0.3 is 0 Å². The summed E-state index contributed by atoms with van der Waals surface area (Å²) in [7, 11) is -2.20. The summed E-state index contributed by atoms with van der Waals surface area (Å²) in [6.45, 7) is 1.80. The molecule has 1 aliphatic rings. The Morgan fingerprint density at radius 1 is 1.00 bits per heavy atom. The molecule has 0 radical (unpaired) electrons. The van der Waals surface area contributed by atoms with Crippen molar-refractivity contribution < 1.29 is 22.7 Å². The Labute approximate surface area is 169 Å². The number of benzene rings is 2. The summed E-state index contributed by atoms with van der Waals surface area (Å²) in [6.07, 6.45) is 0.161. The van der Waals surface area contributed by atoms with Crippen LogP contribution < -0.4 is 9.88 Å². The van der Waals surface area contributed by atoms with Crippen LogP contribution in [-0.4, -0.2) is 63.3 Å². The fourth-order valence-corrected chi connectivity index (χ4v) is 3.70. The number of hydrogen-bond donors (Lipinski definition) is 1. The largest absolute Gasteiger partial charge is 0.497 e. The number of carbonyl (C=O) groups is 2. The van der Waals surface area contributed by atoms with Crippen LogP contribution in [0.25, 0.3) is 0 Å². The second-order valence-corrected chi connectivity index (χ2v) is 8.33. The average molecular weight is 417 g/mol. The molecule has 2 aromatic carbocycles. The van der Waals surface area contributed by atoms with Gasteiger partial charge in [0.25, 0.3) is 5.91 Å². The van der Waals surface area contributed by atoms with Crippen molar-refractivity contribution in [1.29, 1.82) is 0 Å². The number of nitrogens with two attached hydrogens (primary N) is 1. The Morgan fingerprint density at radius 2 is 1.62 bits per heavy atom. The lowest BCUT2D eigenvalue weighted by molar-refractivity contribution is -0.131. The van der Waals surface area contributed by atoms with Crippen molar-refractivity contribution in [2.24, 2.45) is 5.14 Å². The molecule has 0 aromatic heterocycles. The summed E-state index contributed by atoms with van der Waals surface area (Å²) in [5.74, 6) is 0.467. The van der Waals surface area contributed by atoms with E-state index < -0.39 is 10.0 Å². The first-order chi connectivity index (χ1) is 13.8. The summed E-state index contributed by atoms with van der Waals surface area (Å²) in [5, 5.41) is 5.08. The number of primary sulfonamides is 1. The van der Waals surface area contributed by atoms with E-state index in [1.54, 1.807) is 53.3 Å². The molecule has 1 heterocycles. The minimum Gasteiger partial charge on any atom is -0.497 e. The minimum absolute atomic E-state index is 0.0124. The van der Waals surface area contributed by atoms with Gasteiger partial charge in [0, 0.05) is 31.7 Å². The molecular formula is C20H23N3O5S. The van der Waals surface area contributed by atoms with Crippen molar-refractivity contribution in [2.45, 2.75) is 11.3 Å². The van der Waals surface area contributed by atoms with Crippen LogP contribution in [0.2, 0.25) is 0 Å². The van der Waals surface area contributed by atoms with E-state index in [0.717, 1.165) is 0 Å². The monoisotopic (exact) mass is 417 g/mol. The maximum Gasteiger partial charge on any atom is 0.254 e. The molecule has 3 rings (SSSR count). The van der Waals surface area contributed by atoms with Crippen LogP contribution in [0.1, 0.15) is 15.9 Å². The maximum atomic E-state index is 12.7. The van der Waals surface area contributed by atoms with E-state index in [0.29, 0.717) is 43.1 Å².